The van der Waals surface area contributed by atoms with Crippen LogP contribution in [-0.4, -0.2) is 39.9 Å². The van der Waals surface area contributed by atoms with Gasteiger partial charge >= 0.3 is 5.97 Å². The van der Waals surface area contributed by atoms with Crippen molar-refractivity contribution in [2.75, 3.05) is 6.54 Å². The number of aliphatic hydroxyl groups is 1. The van der Waals surface area contributed by atoms with Crippen LogP contribution in [0.1, 0.15) is 17.0 Å². The highest BCUT2D eigenvalue weighted by atomic mass is 16.5. The summed E-state index contributed by atoms with van der Waals surface area (Å²) in [5.74, 6) is -1.81. The Kier molecular flexibility index (Phi) is 4.68. The molecule has 1 atom stereocenters. The molecule has 0 aliphatic rings. The largest absolute Gasteiger partial charge is 0.479 e. The van der Waals surface area contributed by atoms with E-state index < -0.39 is 18.0 Å². The molecule has 0 spiro atoms. The highest BCUT2D eigenvalue weighted by Gasteiger charge is 2.16. The Balaban J connectivity index is 1.92. The normalized spacial score (nSPS) is 11.9. The van der Waals surface area contributed by atoms with Gasteiger partial charge in [0.25, 0.3) is 5.91 Å². The Morgan fingerprint density at radius 3 is 2.67 bits per heavy atom. The van der Waals surface area contributed by atoms with Crippen LogP contribution in [0, 0.1) is 0 Å². The zero-order chi connectivity index (χ0) is 15.2. The van der Waals surface area contributed by atoms with E-state index in [2.05, 4.69) is 10.5 Å². The summed E-state index contributed by atoms with van der Waals surface area (Å²) in [6.45, 7) is 0.0215. The molecule has 0 fully saturated rings. The Hall–Kier alpha value is -2.67. The highest BCUT2D eigenvalue weighted by Crippen LogP contribution is 2.18. The van der Waals surface area contributed by atoms with Gasteiger partial charge in [0.1, 0.15) is 5.69 Å². The van der Waals surface area contributed by atoms with E-state index in [-0.39, 0.29) is 18.7 Å². The number of benzene rings is 1. The quantitative estimate of drug-likeness (QED) is 0.728. The molecule has 0 bridgehead atoms. The average molecular weight is 290 g/mol. The molecule has 0 aliphatic heterocycles. The number of carboxylic acids is 1. The second-order valence-corrected chi connectivity index (χ2v) is 4.34. The summed E-state index contributed by atoms with van der Waals surface area (Å²) in [6, 6.07) is 10.7. The van der Waals surface area contributed by atoms with Crippen LogP contribution in [0.25, 0.3) is 11.3 Å². The van der Waals surface area contributed by atoms with Crippen LogP contribution in [0.4, 0.5) is 0 Å². The molecule has 2 aromatic rings. The third-order valence-electron chi connectivity index (χ3n) is 2.79. The number of nitrogens with one attached hydrogen (secondary N) is 1. The van der Waals surface area contributed by atoms with E-state index in [9.17, 15) is 9.59 Å². The van der Waals surface area contributed by atoms with E-state index in [4.69, 9.17) is 14.7 Å². The standard InChI is InChI=1S/C14H14N2O5/c17-11(14(19)20)6-7-15-13(18)12-8-10(16-21-12)9-4-2-1-3-5-9/h1-5,8,11,17H,6-7H2,(H,15,18)(H,19,20). The Morgan fingerprint density at radius 2 is 2.00 bits per heavy atom. The second kappa shape index (κ2) is 6.67. The molecule has 7 nitrogen and oxygen atoms in total. The zero-order valence-corrected chi connectivity index (χ0v) is 11.0. The molecule has 1 aromatic carbocycles. The van der Waals surface area contributed by atoms with Crippen LogP contribution in [0.15, 0.2) is 40.9 Å². The number of carbonyl (C=O) groups is 2. The third kappa shape index (κ3) is 3.90. The molecular formula is C14H14N2O5. The molecule has 7 heteroatoms. The summed E-state index contributed by atoms with van der Waals surface area (Å²) in [4.78, 5) is 22.2. The van der Waals surface area contributed by atoms with Gasteiger partial charge in [-0.2, -0.15) is 0 Å². The fraction of sp³-hybridized carbons (Fsp3) is 0.214. The topological polar surface area (TPSA) is 113 Å². The van der Waals surface area contributed by atoms with Crippen LogP contribution in [0.2, 0.25) is 0 Å². The van der Waals surface area contributed by atoms with Gasteiger partial charge < -0.3 is 20.1 Å². The number of aliphatic carboxylic acids is 1. The number of hydrogen-bond acceptors (Lipinski definition) is 5. The Bertz CT molecular complexity index is 623. The predicted molar refractivity (Wildman–Crippen MR) is 72.5 cm³/mol. The third-order valence-corrected chi connectivity index (χ3v) is 2.79. The summed E-state index contributed by atoms with van der Waals surface area (Å²) in [5.41, 5.74) is 1.35. The van der Waals surface area contributed by atoms with Crippen LogP contribution in [0.5, 0.6) is 0 Å². The molecule has 1 unspecified atom stereocenters. The maximum Gasteiger partial charge on any atom is 0.332 e. The minimum atomic E-state index is -1.50. The summed E-state index contributed by atoms with van der Waals surface area (Å²) in [7, 11) is 0. The number of aromatic nitrogens is 1. The van der Waals surface area contributed by atoms with Gasteiger partial charge in [-0.15, -0.1) is 0 Å². The maximum absolute atomic E-state index is 11.8. The number of rotatable bonds is 6. The van der Waals surface area contributed by atoms with Gasteiger partial charge in [0, 0.05) is 24.6 Å². The van der Waals surface area contributed by atoms with Crippen LogP contribution in [-0.2, 0) is 4.79 Å². The van der Waals surface area contributed by atoms with Crippen molar-refractivity contribution in [2.24, 2.45) is 0 Å². The SMILES string of the molecule is O=C(NCCC(O)C(=O)O)c1cc(-c2ccccc2)no1. The van der Waals surface area contributed by atoms with Crippen molar-refractivity contribution in [3.8, 4) is 11.3 Å². The number of nitrogens with zero attached hydrogens (tertiary/aromatic N) is 1. The lowest BCUT2D eigenvalue weighted by Crippen LogP contribution is -2.29. The van der Waals surface area contributed by atoms with Crippen molar-refractivity contribution in [2.45, 2.75) is 12.5 Å². The summed E-state index contributed by atoms with van der Waals surface area (Å²) in [5, 5.41) is 23.8. The van der Waals surface area contributed by atoms with Crippen molar-refractivity contribution in [3.63, 3.8) is 0 Å². The molecule has 0 saturated carbocycles. The lowest BCUT2D eigenvalue weighted by atomic mass is 10.1. The summed E-state index contributed by atoms with van der Waals surface area (Å²) >= 11 is 0. The first-order chi connectivity index (χ1) is 10.1. The molecule has 0 radical (unpaired) electrons. The molecule has 110 valence electrons. The molecular weight excluding hydrogens is 276 g/mol. The Labute approximate surface area is 120 Å². The van der Waals surface area contributed by atoms with Crippen molar-refractivity contribution in [1.82, 2.24) is 10.5 Å². The number of hydrogen-bond donors (Lipinski definition) is 3. The van der Waals surface area contributed by atoms with Gasteiger partial charge in [0.2, 0.25) is 5.76 Å². The second-order valence-electron chi connectivity index (χ2n) is 4.34. The van der Waals surface area contributed by atoms with Gasteiger partial charge in [0.15, 0.2) is 6.10 Å². The lowest BCUT2D eigenvalue weighted by Gasteiger charge is -2.05. The van der Waals surface area contributed by atoms with E-state index >= 15 is 0 Å². The fourth-order valence-electron chi connectivity index (χ4n) is 1.66. The van der Waals surface area contributed by atoms with E-state index in [1.807, 2.05) is 30.3 Å². The smallest absolute Gasteiger partial charge is 0.332 e. The monoisotopic (exact) mass is 290 g/mol. The Morgan fingerprint density at radius 1 is 1.29 bits per heavy atom. The molecule has 1 amide bonds. The van der Waals surface area contributed by atoms with Gasteiger partial charge in [0.05, 0.1) is 0 Å². The van der Waals surface area contributed by atoms with E-state index in [1.165, 1.54) is 6.07 Å². The van der Waals surface area contributed by atoms with E-state index in [1.54, 1.807) is 0 Å². The predicted octanol–water partition coefficient (Wildman–Crippen LogP) is 0.907. The summed E-state index contributed by atoms with van der Waals surface area (Å²) < 4.78 is 4.94. The minimum absolute atomic E-state index is 0.0215. The number of amides is 1. The maximum atomic E-state index is 11.8. The first-order valence-corrected chi connectivity index (χ1v) is 6.29. The van der Waals surface area contributed by atoms with Crippen molar-refractivity contribution in [3.05, 3.63) is 42.2 Å². The van der Waals surface area contributed by atoms with Crippen LogP contribution in [0.3, 0.4) is 0 Å². The van der Waals surface area contributed by atoms with Gasteiger partial charge in [-0.05, 0) is 0 Å². The first kappa shape index (κ1) is 14.7. The van der Waals surface area contributed by atoms with Crippen molar-refractivity contribution >= 4 is 11.9 Å². The molecule has 1 heterocycles. The zero-order valence-electron chi connectivity index (χ0n) is 11.0. The van der Waals surface area contributed by atoms with Crippen molar-refractivity contribution < 1.29 is 24.3 Å². The molecule has 3 N–H and O–H groups in total. The molecule has 1 aromatic heterocycles. The average Bonchev–Trinajstić information content (AvgIpc) is 2.97. The first-order valence-electron chi connectivity index (χ1n) is 6.29. The number of carboxylic acid groups (broad SMARTS) is 1. The molecule has 21 heavy (non-hydrogen) atoms. The van der Waals surface area contributed by atoms with Crippen LogP contribution < -0.4 is 5.32 Å². The lowest BCUT2D eigenvalue weighted by molar-refractivity contribution is -0.146. The van der Waals surface area contributed by atoms with E-state index in [0.717, 1.165) is 5.56 Å². The molecule has 0 saturated heterocycles. The minimum Gasteiger partial charge on any atom is -0.479 e. The van der Waals surface area contributed by atoms with Crippen molar-refractivity contribution in [1.29, 1.82) is 0 Å². The van der Waals surface area contributed by atoms with Gasteiger partial charge in [-0.1, -0.05) is 35.5 Å². The van der Waals surface area contributed by atoms with Gasteiger partial charge in [-0.25, -0.2) is 4.79 Å². The van der Waals surface area contributed by atoms with Gasteiger partial charge in [-0.3, -0.25) is 4.79 Å². The van der Waals surface area contributed by atoms with Crippen LogP contribution >= 0.6 is 0 Å². The fourth-order valence-corrected chi connectivity index (χ4v) is 1.66. The number of carbonyl (C=O) groups excluding carboxylic acids is 1. The molecule has 2 rings (SSSR count). The molecule has 0 aliphatic carbocycles. The number of aliphatic hydroxyl groups excluding tert-OH is 1. The van der Waals surface area contributed by atoms with E-state index in [0.29, 0.717) is 5.69 Å². The summed E-state index contributed by atoms with van der Waals surface area (Å²) in [6.07, 6.45) is -1.58. The highest BCUT2D eigenvalue weighted by molar-refractivity contribution is 5.92.